The molecule has 1 unspecified atom stereocenters. The second-order valence-corrected chi connectivity index (χ2v) is 6.98. The number of likely N-dealkylation sites (tertiary alicyclic amines) is 1. The molecule has 1 aliphatic heterocycles. The van der Waals surface area contributed by atoms with Crippen LogP contribution < -0.4 is 0 Å². The van der Waals surface area contributed by atoms with Gasteiger partial charge in [0.1, 0.15) is 11.7 Å². The van der Waals surface area contributed by atoms with Crippen LogP contribution in [-0.2, 0) is 14.3 Å². The van der Waals surface area contributed by atoms with Gasteiger partial charge < -0.3 is 14.4 Å². The first-order valence-electron chi connectivity index (χ1n) is 7.80. The molecule has 1 aliphatic rings. The van der Waals surface area contributed by atoms with E-state index in [1.165, 1.54) is 0 Å². The molecule has 0 saturated carbocycles. The van der Waals surface area contributed by atoms with Crippen LogP contribution in [0, 0.1) is 5.41 Å². The first kappa shape index (κ1) is 17.8. The zero-order chi connectivity index (χ0) is 16.3. The SMILES string of the molecule is CCC(C)(C)OC(=O)N1CCC(OC(=O)C(C)(C)CC)C1. The van der Waals surface area contributed by atoms with Crippen LogP contribution in [0.3, 0.4) is 0 Å². The largest absolute Gasteiger partial charge is 0.460 e. The van der Waals surface area contributed by atoms with Gasteiger partial charge in [-0.25, -0.2) is 4.79 Å². The van der Waals surface area contributed by atoms with Crippen molar-refractivity contribution in [2.45, 2.75) is 72.5 Å². The maximum atomic E-state index is 12.1. The lowest BCUT2D eigenvalue weighted by molar-refractivity contribution is -0.159. The molecule has 5 nitrogen and oxygen atoms in total. The van der Waals surface area contributed by atoms with Crippen molar-refractivity contribution in [1.82, 2.24) is 4.90 Å². The molecule has 0 N–H and O–H groups in total. The summed E-state index contributed by atoms with van der Waals surface area (Å²) in [5, 5.41) is 0. The molecule has 0 radical (unpaired) electrons. The van der Waals surface area contributed by atoms with Crippen LogP contribution in [0.1, 0.15) is 60.8 Å². The first-order valence-corrected chi connectivity index (χ1v) is 7.80. The van der Waals surface area contributed by atoms with Crippen molar-refractivity contribution < 1.29 is 19.1 Å². The maximum absolute atomic E-state index is 12.1. The Bertz CT molecular complexity index is 390. The van der Waals surface area contributed by atoms with Crippen LogP contribution in [0.25, 0.3) is 0 Å². The standard InChI is InChI=1S/C16H29NO4/c1-7-15(3,4)13(18)20-12-9-10-17(11-12)14(19)21-16(5,6)8-2/h12H,7-11H2,1-6H3. The zero-order valence-electron chi connectivity index (χ0n) is 14.2. The second-order valence-electron chi connectivity index (χ2n) is 6.98. The lowest BCUT2D eigenvalue weighted by Gasteiger charge is -2.27. The van der Waals surface area contributed by atoms with E-state index in [1.54, 1.807) is 4.90 Å². The monoisotopic (exact) mass is 299 g/mol. The Hall–Kier alpha value is -1.26. The van der Waals surface area contributed by atoms with E-state index < -0.39 is 11.0 Å². The molecule has 0 aromatic carbocycles. The van der Waals surface area contributed by atoms with Crippen LogP contribution in [-0.4, -0.2) is 41.8 Å². The third kappa shape index (κ3) is 4.90. The highest BCUT2D eigenvalue weighted by Gasteiger charge is 2.35. The van der Waals surface area contributed by atoms with Gasteiger partial charge in [-0.3, -0.25) is 4.79 Å². The Balaban J connectivity index is 2.49. The Morgan fingerprint density at radius 3 is 2.29 bits per heavy atom. The summed E-state index contributed by atoms with van der Waals surface area (Å²) in [4.78, 5) is 25.7. The minimum Gasteiger partial charge on any atom is -0.460 e. The van der Waals surface area contributed by atoms with E-state index >= 15 is 0 Å². The number of hydrogen-bond donors (Lipinski definition) is 0. The minimum atomic E-state index is -0.474. The molecule has 1 fully saturated rings. The van der Waals surface area contributed by atoms with Crippen LogP contribution in [0.5, 0.6) is 0 Å². The van der Waals surface area contributed by atoms with Gasteiger partial charge in [-0.05, 0) is 40.5 Å². The van der Waals surface area contributed by atoms with Gasteiger partial charge in [0.15, 0.2) is 0 Å². The number of carbonyl (C=O) groups is 2. The normalized spacial score (nSPS) is 19.5. The van der Waals surface area contributed by atoms with Gasteiger partial charge in [-0.2, -0.15) is 0 Å². The molecule has 1 heterocycles. The van der Waals surface area contributed by atoms with Crippen LogP contribution in [0.4, 0.5) is 4.79 Å². The van der Waals surface area contributed by atoms with Crippen molar-refractivity contribution in [2.75, 3.05) is 13.1 Å². The molecule has 122 valence electrons. The summed E-state index contributed by atoms with van der Waals surface area (Å²) < 4.78 is 11.0. The van der Waals surface area contributed by atoms with Crippen molar-refractivity contribution in [3.63, 3.8) is 0 Å². The number of rotatable bonds is 5. The van der Waals surface area contributed by atoms with Crippen molar-refractivity contribution in [2.24, 2.45) is 5.41 Å². The number of amides is 1. The number of carbonyl (C=O) groups excluding carboxylic acids is 2. The molecular weight excluding hydrogens is 270 g/mol. The topological polar surface area (TPSA) is 55.8 Å². The fourth-order valence-electron chi connectivity index (χ4n) is 1.82. The third-order valence-corrected chi connectivity index (χ3v) is 4.33. The van der Waals surface area contributed by atoms with Crippen molar-refractivity contribution in [3.05, 3.63) is 0 Å². The average Bonchev–Trinajstić information content (AvgIpc) is 2.86. The molecule has 1 amide bonds. The van der Waals surface area contributed by atoms with Crippen LogP contribution in [0.15, 0.2) is 0 Å². The molecule has 1 saturated heterocycles. The predicted octanol–water partition coefficient (Wildman–Crippen LogP) is 3.37. The molecule has 1 rings (SSSR count). The zero-order valence-corrected chi connectivity index (χ0v) is 14.2. The van der Waals surface area contributed by atoms with E-state index in [9.17, 15) is 9.59 Å². The van der Waals surface area contributed by atoms with E-state index in [4.69, 9.17) is 9.47 Å². The fourth-order valence-corrected chi connectivity index (χ4v) is 1.82. The lowest BCUT2D eigenvalue weighted by atomic mass is 9.90. The summed E-state index contributed by atoms with van der Waals surface area (Å²) in [5.74, 6) is -0.195. The predicted molar refractivity (Wildman–Crippen MR) is 81.0 cm³/mol. The number of esters is 1. The van der Waals surface area contributed by atoms with Crippen molar-refractivity contribution in [1.29, 1.82) is 0 Å². The Morgan fingerprint density at radius 2 is 1.76 bits per heavy atom. The van der Waals surface area contributed by atoms with Gasteiger partial charge in [-0.1, -0.05) is 13.8 Å². The second kappa shape index (κ2) is 6.67. The first-order chi connectivity index (χ1) is 9.61. The van der Waals surface area contributed by atoms with Gasteiger partial charge in [0, 0.05) is 13.0 Å². The molecule has 21 heavy (non-hydrogen) atoms. The van der Waals surface area contributed by atoms with E-state index in [0.29, 0.717) is 19.5 Å². The third-order valence-electron chi connectivity index (χ3n) is 4.33. The van der Waals surface area contributed by atoms with E-state index in [1.807, 2.05) is 41.5 Å². The summed E-state index contributed by atoms with van der Waals surface area (Å²) in [7, 11) is 0. The molecule has 0 spiro atoms. The number of ether oxygens (including phenoxy) is 2. The van der Waals surface area contributed by atoms with Crippen LogP contribution in [0.2, 0.25) is 0 Å². The Morgan fingerprint density at radius 1 is 1.14 bits per heavy atom. The minimum absolute atomic E-state index is 0.195. The van der Waals surface area contributed by atoms with Crippen LogP contribution >= 0.6 is 0 Å². The summed E-state index contributed by atoms with van der Waals surface area (Å²) in [5.41, 5.74) is -0.936. The molecule has 0 aromatic heterocycles. The quantitative estimate of drug-likeness (QED) is 0.730. The highest BCUT2D eigenvalue weighted by Crippen LogP contribution is 2.25. The van der Waals surface area contributed by atoms with Crippen molar-refractivity contribution >= 4 is 12.1 Å². The summed E-state index contributed by atoms with van der Waals surface area (Å²) in [6, 6.07) is 0. The molecule has 5 heteroatoms. The smallest absolute Gasteiger partial charge is 0.410 e. The maximum Gasteiger partial charge on any atom is 0.410 e. The fraction of sp³-hybridized carbons (Fsp3) is 0.875. The number of nitrogens with zero attached hydrogens (tertiary/aromatic N) is 1. The highest BCUT2D eigenvalue weighted by atomic mass is 16.6. The summed E-state index contributed by atoms with van der Waals surface area (Å²) in [6.45, 7) is 12.5. The van der Waals surface area contributed by atoms with E-state index in [0.717, 1.165) is 12.8 Å². The summed E-state index contributed by atoms with van der Waals surface area (Å²) >= 11 is 0. The van der Waals surface area contributed by atoms with E-state index in [-0.39, 0.29) is 18.2 Å². The van der Waals surface area contributed by atoms with Gasteiger partial charge in [0.25, 0.3) is 0 Å². The number of hydrogen-bond acceptors (Lipinski definition) is 4. The molecule has 0 bridgehead atoms. The van der Waals surface area contributed by atoms with Gasteiger partial charge in [0.2, 0.25) is 0 Å². The van der Waals surface area contributed by atoms with Gasteiger partial charge in [0.05, 0.1) is 12.0 Å². The molecule has 0 aromatic rings. The molecule has 1 atom stereocenters. The Kier molecular flexibility index (Phi) is 5.65. The summed E-state index contributed by atoms with van der Waals surface area (Å²) in [6.07, 6.45) is 1.62. The van der Waals surface area contributed by atoms with E-state index in [2.05, 4.69) is 0 Å². The lowest BCUT2D eigenvalue weighted by Crippen LogP contribution is -2.38. The Labute approximate surface area is 128 Å². The van der Waals surface area contributed by atoms with Gasteiger partial charge in [-0.15, -0.1) is 0 Å². The average molecular weight is 299 g/mol. The molecule has 0 aliphatic carbocycles. The molecular formula is C16H29NO4. The highest BCUT2D eigenvalue weighted by molar-refractivity contribution is 5.76. The van der Waals surface area contributed by atoms with Gasteiger partial charge >= 0.3 is 12.1 Å². The van der Waals surface area contributed by atoms with Crippen molar-refractivity contribution in [3.8, 4) is 0 Å².